The van der Waals surface area contributed by atoms with Crippen molar-refractivity contribution in [1.29, 1.82) is 0 Å². The zero-order valence-corrected chi connectivity index (χ0v) is 13.2. The quantitative estimate of drug-likeness (QED) is 0.865. The highest BCUT2D eigenvalue weighted by Gasteiger charge is 2.44. The fraction of sp³-hybridized carbons (Fsp3) is 0.444. The van der Waals surface area contributed by atoms with Gasteiger partial charge in [-0.15, -0.1) is 0 Å². The summed E-state index contributed by atoms with van der Waals surface area (Å²) in [4.78, 5) is 5.90. The smallest absolute Gasteiger partial charge is 0.162 e. The molecule has 0 spiro atoms. The number of hydrogen-bond acceptors (Lipinski definition) is 4. The monoisotopic (exact) mass is 300 g/mol. The molecule has 1 aromatic carbocycles. The van der Waals surface area contributed by atoms with Crippen LogP contribution >= 0.6 is 0 Å². The van der Waals surface area contributed by atoms with Crippen LogP contribution < -0.4 is 0 Å². The Balaban J connectivity index is 1.88. The average Bonchev–Trinajstić information content (AvgIpc) is 2.86. The van der Waals surface area contributed by atoms with Gasteiger partial charge in [-0.05, 0) is 24.8 Å². The number of hydroxylamine groups is 4. The maximum atomic E-state index is 9.98. The molecule has 3 atom stereocenters. The maximum Gasteiger partial charge on any atom is 0.162 e. The highest BCUT2D eigenvalue weighted by atomic mass is 16.7. The summed E-state index contributed by atoms with van der Waals surface area (Å²) in [5.74, 6) is 0.109. The van der Waals surface area contributed by atoms with E-state index in [4.69, 9.17) is 4.84 Å². The summed E-state index contributed by atoms with van der Waals surface area (Å²) >= 11 is 0. The maximum absolute atomic E-state index is 9.98. The van der Waals surface area contributed by atoms with E-state index in [0.717, 1.165) is 19.3 Å². The zero-order chi connectivity index (χ0) is 15.5. The van der Waals surface area contributed by atoms with E-state index in [9.17, 15) is 5.21 Å². The van der Waals surface area contributed by atoms with Crippen molar-refractivity contribution in [1.82, 2.24) is 10.1 Å². The fourth-order valence-electron chi connectivity index (χ4n) is 3.41. The first-order chi connectivity index (χ1) is 10.7. The molecule has 0 saturated carbocycles. The highest BCUT2D eigenvalue weighted by Crippen LogP contribution is 2.39. The molecule has 4 heteroatoms. The second kappa shape index (κ2) is 6.75. The Kier molecular flexibility index (Phi) is 4.74. The van der Waals surface area contributed by atoms with Gasteiger partial charge in [-0.3, -0.25) is 4.84 Å². The van der Waals surface area contributed by atoms with Crippen molar-refractivity contribution in [3.05, 3.63) is 59.7 Å². The molecule has 22 heavy (non-hydrogen) atoms. The van der Waals surface area contributed by atoms with Gasteiger partial charge in [-0.25, -0.2) is 0 Å². The molecule has 3 unspecified atom stereocenters. The summed E-state index contributed by atoms with van der Waals surface area (Å²) in [6, 6.07) is 10.5. The minimum absolute atomic E-state index is 0.109. The van der Waals surface area contributed by atoms with Crippen LogP contribution in [0.15, 0.2) is 54.1 Å². The normalized spacial score (nSPS) is 29.1. The van der Waals surface area contributed by atoms with Gasteiger partial charge in [-0.2, -0.15) is 10.1 Å². The Morgan fingerprint density at radius 3 is 2.68 bits per heavy atom. The Labute approximate surface area is 132 Å². The molecule has 4 nitrogen and oxygen atoms in total. The molecular weight excluding hydrogens is 276 g/mol. The zero-order valence-electron chi connectivity index (χ0n) is 13.2. The lowest BCUT2D eigenvalue weighted by molar-refractivity contribution is -0.254. The van der Waals surface area contributed by atoms with Gasteiger partial charge in [0.1, 0.15) is 0 Å². The summed E-state index contributed by atoms with van der Waals surface area (Å²) in [5.41, 5.74) is 2.55. The Morgan fingerprint density at radius 2 is 2.05 bits per heavy atom. The number of likely N-dealkylation sites (N-methyl/N-ethyl adjacent to an activating group) is 2. The Hall–Kier alpha value is -1.46. The van der Waals surface area contributed by atoms with Crippen LogP contribution in [0.2, 0.25) is 0 Å². The van der Waals surface area contributed by atoms with Crippen LogP contribution in [-0.2, 0) is 4.84 Å². The molecule has 1 aliphatic carbocycles. The Morgan fingerprint density at radius 1 is 1.27 bits per heavy atom. The molecule has 3 rings (SSSR count). The first kappa shape index (κ1) is 15.4. The van der Waals surface area contributed by atoms with E-state index in [1.165, 1.54) is 16.2 Å². The highest BCUT2D eigenvalue weighted by molar-refractivity contribution is 5.28. The lowest BCUT2D eigenvalue weighted by Gasteiger charge is -2.26. The largest absolute Gasteiger partial charge is 0.312 e. The lowest BCUT2D eigenvalue weighted by Crippen LogP contribution is -2.34. The molecule has 118 valence electrons. The Bertz CT molecular complexity index is 553. The molecule has 0 bridgehead atoms. The summed E-state index contributed by atoms with van der Waals surface area (Å²) in [5, 5.41) is 13.1. The topological polar surface area (TPSA) is 35.9 Å². The summed E-state index contributed by atoms with van der Waals surface area (Å²) < 4.78 is 0. The van der Waals surface area contributed by atoms with Gasteiger partial charge in [0, 0.05) is 26.1 Å². The number of nitrogens with zero attached hydrogens (tertiary/aromatic N) is 2. The molecule has 1 aliphatic heterocycles. The van der Waals surface area contributed by atoms with Crippen molar-refractivity contribution in [2.75, 3.05) is 14.1 Å². The van der Waals surface area contributed by atoms with Gasteiger partial charge in [0.2, 0.25) is 0 Å². The van der Waals surface area contributed by atoms with Crippen molar-refractivity contribution >= 4 is 0 Å². The van der Waals surface area contributed by atoms with Crippen LogP contribution in [0.4, 0.5) is 0 Å². The number of allylic oxidation sites excluding steroid dienone is 3. The second-order valence-corrected chi connectivity index (χ2v) is 6.08. The van der Waals surface area contributed by atoms with Crippen molar-refractivity contribution < 1.29 is 10.0 Å². The van der Waals surface area contributed by atoms with E-state index >= 15 is 0 Å². The van der Waals surface area contributed by atoms with E-state index < -0.39 is 0 Å². The number of benzene rings is 1. The predicted octanol–water partition coefficient (Wildman–Crippen LogP) is 3.33. The number of rotatable bonds is 4. The van der Waals surface area contributed by atoms with Crippen molar-refractivity contribution in [2.24, 2.45) is 0 Å². The van der Waals surface area contributed by atoms with Crippen molar-refractivity contribution in [2.45, 2.75) is 37.5 Å². The van der Waals surface area contributed by atoms with E-state index in [2.05, 4.69) is 30.4 Å². The predicted molar refractivity (Wildman–Crippen MR) is 86.2 cm³/mol. The van der Waals surface area contributed by atoms with Gasteiger partial charge in [0.15, 0.2) is 6.23 Å². The van der Waals surface area contributed by atoms with Crippen molar-refractivity contribution in [3.63, 3.8) is 0 Å². The van der Waals surface area contributed by atoms with Crippen LogP contribution in [0.3, 0.4) is 0 Å². The first-order valence-corrected chi connectivity index (χ1v) is 7.88. The van der Waals surface area contributed by atoms with Crippen LogP contribution in [-0.4, -0.2) is 41.7 Å². The average molecular weight is 300 g/mol. The van der Waals surface area contributed by atoms with Crippen LogP contribution in [0.1, 0.15) is 30.7 Å². The van der Waals surface area contributed by atoms with E-state index in [-0.39, 0.29) is 18.2 Å². The summed E-state index contributed by atoms with van der Waals surface area (Å²) in [6.45, 7) is 0. The molecule has 1 N–H and O–H groups in total. The minimum Gasteiger partial charge on any atom is -0.312 e. The molecule has 0 aromatic heterocycles. The minimum atomic E-state index is -0.356. The van der Waals surface area contributed by atoms with Crippen LogP contribution in [0.5, 0.6) is 0 Å². The van der Waals surface area contributed by atoms with Crippen molar-refractivity contribution in [3.8, 4) is 0 Å². The van der Waals surface area contributed by atoms with Crippen LogP contribution in [0.25, 0.3) is 0 Å². The van der Waals surface area contributed by atoms with Gasteiger partial charge >= 0.3 is 0 Å². The molecule has 2 aliphatic rings. The third kappa shape index (κ3) is 3.15. The van der Waals surface area contributed by atoms with E-state index in [1.54, 1.807) is 7.05 Å². The third-order valence-corrected chi connectivity index (χ3v) is 4.53. The molecular formula is C18H24N2O2. The lowest BCUT2D eigenvalue weighted by atomic mass is 9.86. The third-order valence-electron chi connectivity index (χ3n) is 4.53. The SMILES string of the molecule is CN(O)C1ON(C)C(CC2=CCCC=C2)C1c1ccccc1. The van der Waals surface area contributed by atoms with Gasteiger partial charge in [0.25, 0.3) is 0 Å². The summed E-state index contributed by atoms with van der Waals surface area (Å²) in [6.07, 6.45) is 9.58. The van der Waals surface area contributed by atoms with Gasteiger partial charge in [0.05, 0.1) is 0 Å². The molecule has 1 fully saturated rings. The first-order valence-electron chi connectivity index (χ1n) is 7.88. The molecule has 0 radical (unpaired) electrons. The molecule has 1 heterocycles. The number of hydrogen-bond donors (Lipinski definition) is 1. The molecule has 0 amide bonds. The summed E-state index contributed by atoms with van der Waals surface area (Å²) in [7, 11) is 3.60. The van der Waals surface area contributed by atoms with Gasteiger partial charge in [-0.1, -0.05) is 54.1 Å². The molecule has 1 saturated heterocycles. The van der Waals surface area contributed by atoms with Gasteiger partial charge < -0.3 is 5.21 Å². The van der Waals surface area contributed by atoms with Crippen LogP contribution in [0, 0.1) is 0 Å². The van der Waals surface area contributed by atoms with E-state index in [1.807, 2.05) is 30.3 Å². The molecule has 1 aromatic rings. The second-order valence-electron chi connectivity index (χ2n) is 6.08. The standard InChI is InChI=1S/C18H24N2O2/c1-19(21)18-17(15-11-7-4-8-12-15)16(20(2)22-18)13-14-9-5-3-6-10-14/h4-5,7-12,16-18,21H,3,6,13H2,1-2H3. The fourth-order valence-corrected chi connectivity index (χ4v) is 3.41. The van der Waals surface area contributed by atoms with E-state index in [0.29, 0.717) is 0 Å².